The predicted molar refractivity (Wildman–Crippen MR) is 102 cm³/mol. The van der Waals surface area contributed by atoms with Crippen molar-refractivity contribution in [3.63, 3.8) is 0 Å². The second-order valence-corrected chi connectivity index (χ2v) is 7.44. The van der Waals surface area contributed by atoms with Crippen LogP contribution in [0.4, 0.5) is 8.78 Å². The van der Waals surface area contributed by atoms with Gasteiger partial charge in [0.2, 0.25) is 0 Å². The van der Waals surface area contributed by atoms with Crippen LogP contribution < -0.4 is 0 Å². The van der Waals surface area contributed by atoms with Crippen LogP contribution in [0.5, 0.6) is 0 Å². The molecule has 0 fully saturated rings. The molecule has 0 N–H and O–H groups in total. The van der Waals surface area contributed by atoms with Gasteiger partial charge in [-0.3, -0.25) is 4.79 Å². The molecule has 1 atom stereocenters. The Hall–Kier alpha value is -2.25. The molecule has 1 aliphatic heterocycles. The lowest BCUT2D eigenvalue weighted by molar-refractivity contribution is -0.138. The first-order valence-corrected chi connectivity index (χ1v) is 9.44. The van der Waals surface area contributed by atoms with E-state index in [0.717, 1.165) is 30.2 Å². The number of amides is 1. The third-order valence-electron chi connectivity index (χ3n) is 4.28. The summed E-state index contributed by atoms with van der Waals surface area (Å²) in [6, 6.07) is 12.7. The Morgan fingerprint density at radius 3 is 2.63 bits per heavy atom. The monoisotopic (exact) mass is 390 g/mol. The molecule has 0 aliphatic carbocycles. The Labute approximate surface area is 161 Å². The van der Waals surface area contributed by atoms with Crippen molar-refractivity contribution in [2.24, 2.45) is 5.10 Å². The van der Waals surface area contributed by atoms with E-state index in [1.165, 1.54) is 23.9 Å². The Morgan fingerprint density at radius 1 is 1.22 bits per heavy atom. The normalized spacial score (nSPS) is 19.3. The molecule has 0 bridgehead atoms. The van der Waals surface area contributed by atoms with E-state index in [0.29, 0.717) is 6.42 Å². The highest BCUT2D eigenvalue weighted by molar-refractivity contribution is 8.15. The minimum Gasteiger partial charge on any atom is -0.375 e. The van der Waals surface area contributed by atoms with Crippen molar-refractivity contribution in [2.75, 3.05) is 13.7 Å². The van der Waals surface area contributed by atoms with Crippen molar-refractivity contribution in [1.82, 2.24) is 5.01 Å². The number of halogens is 2. The fraction of sp³-hybridized carbons (Fsp3) is 0.300. The molecule has 0 spiro atoms. The smallest absolute Gasteiger partial charge is 0.270 e. The summed E-state index contributed by atoms with van der Waals surface area (Å²) in [4.78, 5) is 11.9. The van der Waals surface area contributed by atoms with Crippen LogP contribution in [0, 0.1) is 11.6 Å². The lowest BCUT2D eigenvalue weighted by Crippen LogP contribution is -2.43. The number of rotatable bonds is 6. The number of carbonyl (C=O) groups excluding carboxylic acids is 1. The van der Waals surface area contributed by atoms with E-state index in [9.17, 15) is 13.6 Å². The van der Waals surface area contributed by atoms with Gasteiger partial charge >= 0.3 is 0 Å². The second kappa shape index (κ2) is 8.19. The highest BCUT2D eigenvalue weighted by Crippen LogP contribution is 2.50. The van der Waals surface area contributed by atoms with Crippen molar-refractivity contribution in [3.8, 4) is 0 Å². The predicted octanol–water partition coefficient (Wildman–Crippen LogP) is 4.50. The lowest BCUT2D eigenvalue weighted by Gasteiger charge is -2.35. The number of benzene rings is 2. The van der Waals surface area contributed by atoms with Gasteiger partial charge in [0, 0.05) is 12.7 Å². The van der Waals surface area contributed by atoms with Crippen LogP contribution in [0.2, 0.25) is 0 Å². The van der Waals surface area contributed by atoms with Gasteiger partial charge in [-0.05, 0) is 30.2 Å². The SMILES string of the molecule is CCCC1(c2ccccc2)SC(c2cc(F)ccc2F)=NN1C(=O)COC. The molecule has 1 heterocycles. The first-order chi connectivity index (χ1) is 13.0. The summed E-state index contributed by atoms with van der Waals surface area (Å²) in [6.07, 6.45) is 1.37. The van der Waals surface area contributed by atoms with E-state index in [-0.39, 0.29) is 23.1 Å². The molecule has 27 heavy (non-hydrogen) atoms. The number of thioether (sulfide) groups is 1. The summed E-state index contributed by atoms with van der Waals surface area (Å²) in [7, 11) is 1.43. The number of ether oxygens (including phenoxy) is 1. The zero-order valence-corrected chi connectivity index (χ0v) is 15.9. The molecule has 7 heteroatoms. The number of hydrogen-bond donors (Lipinski definition) is 0. The van der Waals surface area contributed by atoms with Gasteiger partial charge in [0.1, 0.15) is 28.2 Å². The average Bonchev–Trinajstić information content (AvgIpc) is 3.05. The quantitative estimate of drug-likeness (QED) is 0.729. The summed E-state index contributed by atoms with van der Waals surface area (Å²) in [5.74, 6) is -1.48. The number of hydrogen-bond acceptors (Lipinski definition) is 4. The topological polar surface area (TPSA) is 41.9 Å². The Balaban J connectivity index is 2.13. The molecule has 2 aromatic carbocycles. The number of nitrogens with zero attached hydrogens (tertiary/aromatic N) is 2. The highest BCUT2D eigenvalue weighted by atomic mass is 32.2. The first-order valence-electron chi connectivity index (χ1n) is 8.62. The minimum absolute atomic E-state index is 0.0455. The fourth-order valence-corrected chi connectivity index (χ4v) is 4.63. The molecule has 4 nitrogen and oxygen atoms in total. The van der Waals surface area contributed by atoms with Crippen LogP contribution in [-0.4, -0.2) is 29.7 Å². The van der Waals surface area contributed by atoms with Crippen LogP contribution in [0.15, 0.2) is 53.6 Å². The zero-order valence-electron chi connectivity index (χ0n) is 15.1. The lowest BCUT2D eigenvalue weighted by atomic mass is 10.0. The van der Waals surface area contributed by atoms with Crippen molar-refractivity contribution in [3.05, 3.63) is 71.3 Å². The molecule has 0 saturated heterocycles. The summed E-state index contributed by atoms with van der Waals surface area (Å²) in [5.41, 5.74) is 0.918. The van der Waals surface area contributed by atoms with E-state index in [4.69, 9.17) is 4.74 Å². The summed E-state index contributed by atoms with van der Waals surface area (Å²) < 4.78 is 33.1. The Kier molecular flexibility index (Phi) is 5.92. The fourth-order valence-electron chi connectivity index (χ4n) is 3.13. The van der Waals surface area contributed by atoms with Gasteiger partial charge in [-0.25, -0.2) is 13.8 Å². The number of methoxy groups -OCH3 is 1. The molecule has 0 saturated carbocycles. The third kappa shape index (κ3) is 3.75. The zero-order chi connectivity index (χ0) is 19.4. The van der Waals surface area contributed by atoms with Crippen molar-refractivity contribution in [2.45, 2.75) is 24.6 Å². The van der Waals surface area contributed by atoms with Gasteiger partial charge in [-0.2, -0.15) is 5.10 Å². The molecule has 1 unspecified atom stereocenters. The molecule has 2 aromatic rings. The molecule has 142 valence electrons. The van der Waals surface area contributed by atoms with E-state index < -0.39 is 16.5 Å². The third-order valence-corrected chi connectivity index (χ3v) is 5.72. The van der Waals surface area contributed by atoms with E-state index in [2.05, 4.69) is 5.10 Å². The number of hydrazone groups is 1. The largest absolute Gasteiger partial charge is 0.375 e. The summed E-state index contributed by atoms with van der Waals surface area (Å²) >= 11 is 1.27. The standard InChI is InChI=1S/C20H20F2N2O2S/c1-3-11-20(14-7-5-4-6-8-14)24(18(25)13-26-2)23-19(27-20)16-12-15(21)9-10-17(16)22/h4-10,12H,3,11,13H2,1-2H3. The van der Waals surface area contributed by atoms with E-state index in [1.807, 2.05) is 37.3 Å². The average molecular weight is 390 g/mol. The van der Waals surface area contributed by atoms with Crippen molar-refractivity contribution >= 4 is 22.7 Å². The molecule has 0 radical (unpaired) electrons. The summed E-state index contributed by atoms with van der Waals surface area (Å²) in [5, 5.41) is 6.04. The van der Waals surface area contributed by atoms with Crippen molar-refractivity contribution < 1.29 is 18.3 Å². The molecule has 0 aromatic heterocycles. The van der Waals surface area contributed by atoms with Crippen LogP contribution in [0.25, 0.3) is 0 Å². The van der Waals surface area contributed by atoms with Crippen LogP contribution in [0.1, 0.15) is 30.9 Å². The highest BCUT2D eigenvalue weighted by Gasteiger charge is 2.48. The first kappa shape index (κ1) is 19.5. The van der Waals surface area contributed by atoms with E-state index in [1.54, 1.807) is 0 Å². The molecule has 1 aliphatic rings. The molecular weight excluding hydrogens is 370 g/mol. The maximum atomic E-state index is 14.3. The molecule has 3 rings (SSSR count). The Morgan fingerprint density at radius 2 is 1.96 bits per heavy atom. The number of carbonyl (C=O) groups is 1. The van der Waals surface area contributed by atoms with E-state index >= 15 is 0 Å². The van der Waals surface area contributed by atoms with Gasteiger partial charge in [-0.1, -0.05) is 55.4 Å². The van der Waals surface area contributed by atoms with Gasteiger partial charge < -0.3 is 4.74 Å². The second-order valence-electron chi connectivity index (χ2n) is 6.17. The van der Waals surface area contributed by atoms with Crippen LogP contribution in [-0.2, 0) is 14.4 Å². The minimum atomic E-state index is -0.834. The molecular formula is C20H20F2N2O2S. The summed E-state index contributed by atoms with van der Waals surface area (Å²) in [6.45, 7) is 1.85. The van der Waals surface area contributed by atoms with Gasteiger partial charge in [-0.15, -0.1) is 0 Å². The van der Waals surface area contributed by atoms with Crippen LogP contribution >= 0.6 is 11.8 Å². The van der Waals surface area contributed by atoms with Gasteiger partial charge in [0.15, 0.2) is 0 Å². The van der Waals surface area contributed by atoms with Crippen molar-refractivity contribution in [1.29, 1.82) is 0 Å². The van der Waals surface area contributed by atoms with Crippen LogP contribution in [0.3, 0.4) is 0 Å². The van der Waals surface area contributed by atoms with Gasteiger partial charge in [0.05, 0.1) is 0 Å². The van der Waals surface area contributed by atoms with Gasteiger partial charge in [0.25, 0.3) is 5.91 Å². The maximum absolute atomic E-state index is 14.3. The maximum Gasteiger partial charge on any atom is 0.270 e. The molecule has 1 amide bonds. The Bertz CT molecular complexity index is 860.